The highest BCUT2D eigenvalue weighted by molar-refractivity contribution is 6.01. The fourth-order valence-corrected chi connectivity index (χ4v) is 7.36. The molecule has 8 atom stereocenters. The Morgan fingerprint density at radius 1 is 1.34 bits per heavy atom. The minimum atomic E-state index is -2.03. The van der Waals surface area contributed by atoms with Gasteiger partial charge in [-0.1, -0.05) is 25.5 Å². The maximum Gasteiger partial charge on any atom is 0.349 e. The normalized spacial score (nSPS) is 50.8. The number of allylic oxidation sites excluding steroid dienone is 4. The van der Waals surface area contributed by atoms with Gasteiger partial charge in [-0.05, 0) is 50.7 Å². The lowest BCUT2D eigenvalue weighted by molar-refractivity contribution is -0.230. The van der Waals surface area contributed by atoms with Gasteiger partial charge in [0.25, 0.3) is 6.47 Å². The number of carboxylic acid groups (broad SMARTS) is 1. The van der Waals surface area contributed by atoms with E-state index in [1.165, 1.54) is 12.2 Å². The van der Waals surface area contributed by atoms with E-state index in [4.69, 9.17) is 4.74 Å². The van der Waals surface area contributed by atoms with Crippen molar-refractivity contribution in [3.8, 4) is 0 Å². The van der Waals surface area contributed by atoms with E-state index in [-0.39, 0.29) is 24.6 Å². The molecule has 2 N–H and O–H groups in total. The van der Waals surface area contributed by atoms with Crippen molar-refractivity contribution < 1.29 is 33.7 Å². The van der Waals surface area contributed by atoms with Gasteiger partial charge < -0.3 is 14.9 Å². The summed E-state index contributed by atoms with van der Waals surface area (Å²) >= 11 is 0. The highest BCUT2D eigenvalue weighted by Gasteiger charge is 2.77. The van der Waals surface area contributed by atoms with Crippen LogP contribution in [0.1, 0.15) is 46.5 Å². The predicted octanol–water partition coefficient (Wildman–Crippen LogP) is 2.60. The first-order valence-corrected chi connectivity index (χ1v) is 10.1. The lowest BCUT2D eigenvalue weighted by Gasteiger charge is -2.62. The van der Waals surface area contributed by atoms with E-state index < -0.39 is 46.0 Å². The smallest absolute Gasteiger partial charge is 0.349 e. The number of fused-ring (bicyclic) bond motifs is 5. The summed E-state index contributed by atoms with van der Waals surface area (Å²) in [5.41, 5.74) is -5.41. The van der Waals surface area contributed by atoms with E-state index >= 15 is 4.39 Å². The molecule has 6 nitrogen and oxygen atoms in total. The van der Waals surface area contributed by atoms with Crippen LogP contribution in [0, 0.1) is 28.6 Å². The summed E-state index contributed by atoms with van der Waals surface area (Å²) in [6, 6.07) is 0. The van der Waals surface area contributed by atoms with Crippen LogP contribution in [-0.2, 0) is 19.1 Å². The van der Waals surface area contributed by atoms with Crippen molar-refractivity contribution in [3.63, 3.8) is 0 Å². The number of hydrogen-bond acceptors (Lipinski definition) is 5. The summed E-state index contributed by atoms with van der Waals surface area (Å²) in [6.07, 6.45) is 4.07. The molecule has 0 aliphatic heterocycles. The Kier molecular flexibility index (Phi) is 4.19. The lowest BCUT2D eigenvalue weighted by Crippen LogP contribution is -2.69. The van der Waals surface area contributed by atoms with Crippen molar-refractivity contribution >= 4 is 18.2 Å². The summed E-state index contributed by atoms with van der Waals surface area (Å²) in [5, 5.41) is 21.2. The Labute approximate surface area is 168 Å². The second kappa shape index (κ2) is 6.00. The molecule has 0 bridgehead atoms. The average molecular weight is 406 g/mol. The predicted molar refractivity (Wildman–Crippen MR) is 100 cm³/mol. The van der Waals surface area contributed by atoms with Gasteiger partial charge in [-0.15, -0.1) is 0 Å². The Bertz CT molecular complexity index is 850. The van der Waals surface area contributed by atoms with E-state index in [9.17, 15) is 24.6 Å². The van der Waals surface area contributed by atoms with Crippen LogP contribution in [0.2, 0.25) is 0 Å². The Balaban J connectivity index is 1.86. The zero-order valence-corrected chi connectivity index (χ0v) is 16.9. The fraction of sp³-hybridized carbons (Fsp3) is 0.682. The van der Waals surface area contributed by atoms with Crippen LogP contribution in [0.15, 0.2) is 23.8 Å². The van der Waals surface area contributed by atoms with E-state index in [1.807, 2.05) is 0 Å². The largest absolute Gasteiger partial charge is 0.478 e. The maximum atomic E-state index is 16.9. The molecular formula is C22H27FO6. The fourth-order valence-electron chi connectivity index (χ4n) is 7.36. The molecule has 0 unspecified atom stereocenters. The lowest BCUT2D eigenvalue weighted by atomic mass is 9.45. The maximum absolute atomic E-state index is 16.9. The first kappa shape index (κ1) is 20.3. The Morgan fingerprint density at radius 3 is 2.66 bits per heavy atom. The number of ether oxygens (including phenoxy) is 1. The third-order valence-electron chi connectivity index (χ3n) is 8.73. The number of carbonyl (C=O) groups excluding carboxylic acids is 2. The molecule has 0 aromatic rings. The van der Waals surface area contributed by atoms with Crippen molar-refractivity contribution in [2.45, 2.75) is 63.8 Å². The summed E-state index contributed by atoms with van der Waals surface area (Å²) in [7, 11) is 0. The molecule has 0 aromatic carbocycles. The minimum absolute atomic E-state index is 0.139. The van der Waals surface area contributed by atoms with Crippen molar-refractivity contribution in [2.24, 2.45) is 28.6 Å². The molecule has 0 radical (unpaired) electrons. The first-order valence-electron chi connectivity index (χ1n) is 10.1. The van der Waals surface area contributed by atoms with Crippen molar-refractivity contribution in [2.75, 3.05) is 0 Å². The number of hydrogen-bond donors (Lipinski definition) is 2. The zero-order valence-electron chi connectivity index (χ0n) is 16.9. The minimum Gasteiger partial charge on any atom is -0.478 e. The zero-order chi connectivity index (χ0) is 21.4. The molecule has 4 rings (SSSR count). The van der Waals surface area contributed by atoms with Crippen molar-refractivity contribution in [3.05, 3.63) is 23.8 Å². The molecule has 4 aliphatic rings. The van der Waals surface area contributed by atoms with E-state index in [2.05, 4.69) is 0 Å². The molecule has 0 amide bonds. The van der Waals surface area contributed by atoms with Gasteiger partial charge in [0, 0.05) is 22.7 Å². The first-order chi connectivity index (χ1) is 13.5. The van der Waals surface area contributed by atoms with E-state index in [0.29, 0.717) is 24.8 Å². The summed E-state index contributed by atoms with van der Waals surface area (Å²) < 4.78 is 22.2. The van der Waals surface area contributed by atoms with Crippen LogP contribution in [0.5, 0.6) is 0 Å². The number of ketones is 1. The molecule has 3 fully saturated rings. The van der Waals surface area contributed by atoms with Gasteiger partial charge in [-0.3, -0.25) is 9.59 Å². The Morgan fingerprint density at radius 2 is 2.03 bits per heavy atom. The van der Waals surface area contributed by atoms with Crippen LogP contribution in [0.25, 0.3) is 0 Å². The van der Waals surface area contributed by atoms with Gasteiger partial charge >= 0.3 is 5.97 Å². The van der Waals surface area contributed by atoms with Crippen LogP contribution >= 0.6 is 0 Å². The molecule has 0 spiro atoms. The van der Waals surface area contributed by atoms with Gasteiger partial charge in [0.1, 0.15) is 0 Å². The molecule has 0 saturated heterocycles. The number of aliphatic hydroxyl groups excluding tert-OH is 1. The van der Waals surface area contributed by atoms with Gasteiger partial charge in [0.15, 0.2) is 11.5 Å². The highest BCUT2D eigenvalue weighted by Crippen LogP contribution is 2.71. The summed E-state index contributed by atoms with van der Waals surface area (Å²) in [5.74, 6) is -2.97. The van der Waals surface area contributed by atoms with Crippen LogP contribution in [0.3, 0.4) is 0 Å². The molecule has 29 heavy (non-hydrogen) atoms. The van der Waals surface area contributed by atoms with Gasteiger partial charge in [0.05, 0.1) is 6.10 Å². The molecule has 0 heterocycles. The monoisotopic (exact) mass is 406 g/mol. The van der Waals surface area contributed by atoms with Crippen molar-refractivity contribution in [1.82, 2.24) is 0 Å². The average Bonchev–Trinajstić information content (AvgIpc) is 2.86. The topological polar surface area (TPSA) is 101 Å². The number of rotatable bonds is 3. The Hall–Kier alpha value is -2.02. The molecule has 158 valence electrons. The van der Waals surface area contributed by atoms with Crippen LogP contribution in [0.4, 0.5) is 4.39 Å². The van der Waals surface area contributed by atoms with E-state index in [0.717, 1.165) is 0 Å². The SMILES string of the molecule is C[C@@H]1C[C@H]2[C@H]3CCC4=CC(=O)C=C[C@]4(C)[C@@]3(F)[C@@H](O)C[C@]2(C)[C@@]1(OC=O)C(=O)O. The second-order valence-electron chi connectivity index (χ2n) is 9.66. The number of carboxylic acids is 1. The second-order valence-corrected chi connectivity index (χ2v) is 9.66. The van der Waals surface area contributed by atoms with Gasteiger partial charge in [-0.25, -0.2) is 9.18 Å². The number of alkyl halides is 1. The molecule has 3 saturated carbocycles. The van der Waals surface area contributed by atoms with E-state index in [1.54, 1.807) is 26.8 Å². The number of carbonyl (C=O) groups is 3. The third kappa shape index (κ3) is 2.12. The molecule has 7 heteroatoms. The summed E-state index contributed by atoms with van der Waals surface area (Å²) in [6.45, 7) is 5.28. The number of halogens is 1. The standard InChI is InChI=1S/C22H27FO6/c1-12-8-16-15-5-4-13-9-14(25)6-7-19(13,2)21(15,23)17(26)10-20(16,3)22(12,18(27)28)29-11-24/h6-7,9,11-12,15-17,26H,4-5,8,10H2,1-3H3,(H,27,28)/t12-,15-,16+,17+,19+,20+,21+,22+/m1/s1. The highest BCUT2D eigenvalue weighted by atomic mass is 19.1. The molecule has 0 aromatic heterocycles. The molecule has 4 aliphatic carbocycles. The molecular weight excluding hydrogens is 379 g/mol. The summed E-state index contributed by atoms with van der Waals surface area (Å²) in [4.78, 5) is 35.5. The third-order valence-corrected chi connectivity index (χ3v) is 8.73. The number of aliphatic hydroxyl groups is 1. The quantitative estimate of drug-likeness (QED) is 0.699. The van der Waals surface area contributed by atoms with Gasteiger partial charge in [-0.2, -0.15) is 0 Å². The van der Waals surface area contributed by atoms with Crippen LogP contribution in [-0.4, -0.2) is 45.8 Å². The van der Waals surface area contributed by atoms with Crippen LogP contribution < -0.4 is 0 Å². The van der Waals surface area contributed by atoms with Gasteiger partial charge in [0.2, 0.25) is 5.60 Å². The van der Waals surface area contributed by atoms with Crippen molar-refractivity contribution in [1.29, 1.82) is 0 Å². The number of aliphatic carboxylic acids is 1.